The molecule has 0 bridgehead atoms. The zero-order valence-electron chi connectivity index (χ0n) is 30.6. The van der Waals surface area contributed by atoms with Gasteiger partial charge in [-0.3, -0.25) is 4.79 Å². The number of carbonyl (C=O) groups excluding carboxylic acids is 1. The zero-order chi connectivity index (χ0) is 36.1. The average Bonchev–Trinajstić information content (AvgIpc) is 3.13. The summed E-state index contributed by atoms with van der Waals surface area (Å²) in [6.45, 7) is 13.2. The molecule has 0 aromatic rings. The first-order valence-corrected chi connectivity index (χ1v) is 18.5. The maximum absolute atomic E-state index is 10.9. The number of unbranched alkanes of at least 4 members (excludes halogenated alkanes) is 3. The van der Waals surface area contributed by atoms with Crippen LogP contribution in [0.4, 0.5) is 0 Å². The molecule has 15 nitrogen and oxygen atoms in total. The maximum atomic E-state index is 10.9. The van der Waals surface area contributed by atoms with Crippen molar-refractivity contribution in [3.63, 3.8) is 0 Å². The molecule has 0 N–H and O–H groups in total. The molecule has 0 aliphatic carbocycles. The van der Waals surface area contributed by atoms with Crippen molar-refractivity contribution in [3.05, 3.63) is 0 Å². The lowest BCUT2D eigenvalue weighted by atomic mass is 10.2. The average molecular weight is 751 g/mol. The van der Waals surface area contributed by atoms with Gasteiger partial charge in [0.25, 0.3) is 0 Å². The highest BCUT2D eigenvalue weighted by atomic mass is 35.5. The second-order valence-electron chi connectivity index (χ2n) is 10.4. The number of esters is 1. The summed E-state index contributed by atoms with van der Waals surface area (Å²) >= 11 is 5.65. The van der Waals surface area contributed by atoms with Crippen molar-refractivity contribution >= 4 is 17.6 Å². The van der Waals surface area contributed by atoms with E-state index >= 15 is 0 Å². The minimum absolute atomic E-state index is 0.243. The molecule has 0 amide bonds. The second-order valence-corrected chi connectivity index (χ2v) is 10.8. The Morgan fingerprint density at radius 1 is 0.320 bits per heavy atom. The fraction of sp³-hybridized carbons (Fsp3) is 0.971. The summed E-state index contributed by atoms with van der Waals surface area (Å²) in [5.41, 5.74) is 0. The van der Waals surface area contributed by atoms with Crippen molar-refractivity contribution in [3.8, 4) is 0 Å². The van der Waals surface area contributed by atoms with E-state index < -0.39 is 0 Å². The minimum Gasteiger partial charge on any atom is -0.469 e. The van der Waals surface area contributed by atoms with Gasteiger partial charge in [0, 0.05) is 12.5 Å². The summed E-state index contributed by atoms with van der Waals surface area (Å²) in [6.07, 6.45) is 4.73. The summed E-state index contributed by atoms with van der Waals surface area (Å²) in [5.74, 6) is 0.453. The maximum Gasteiger partial charge on any atom is 0.307 e. The summed E-state index contributed by atoms with van der Waals surface area (Å²) in [5, 5.41) is 0. The molecule has 0 unspecified atom stereocenters. The van der Waals surface area contributed by atoms with E-state index in [1.165, 1.54) is 13.5 Å². The number of methoxy groups -OCH3 is 1. The number of alkyl halides is 1. The lowest BCUT2D eigenvalue weighted by Gasteiger charge is -2.09. The zero-order valence-corrected chi connectivity index (χ0v) is 31.4. The Hall–Kier alpha value is -0.760. The number of ether oxygens (including phenoxy) is 14. The van der Waals surface area contributed by atoms with Crippen LogP contribution in [-0.4, -0.2) is 191 Å². The molecule has 0 spiro atoms. The largest absolute Gasteiger partial charge is 0.469 e. The summed E-state index contributed by atoms with van der Waals surface area (Å²) in [4.78, 5) is 10.9. The molecule has 0 saturated heterocycles. The normalized spacial score (nSPS) is 11.5. The molecule has 0 aliphatic heterocycles. The third kappa shape index (κ3) is 45.3. The first-order valence-electron chi connectivity index (χ1n) is 17.9. The Labute approximate surface area is 305 Å². The standard InChI is InChI=1S/C34H67ClO15/c1-37-34(36)6-9-39-11-13-41-15-17-43-19-21-45-23-25-47-27-29-49-31-33-50-32-30-48-28-26-46-24-22-44-20-18-42-16-14-40-12-10-38-8-5-3-2-4-7-35/h2-33H2,1H3. The van der Waals surface area contributed by atoms with Crippen molar-refractivity contribution in [2.24, 2.45) is 0 Å². The highest BCUT2D eigenvalue weighted by molar-refractivity contribution is 6.17. The lowest BCUT2D eigenvalue weighted by molar-refractivity contribution is -0.141. The van der Waals surface area contributed by atoms with Gasteiger partial charge in [-0.1, -0.05) is 12.8 Å². The molecule has 0 aliphatic rings. The van der Waals surface area contributed by atoms with Gasteiger partial charge in [-0.2, -0.15) is 0 Å². The molecule has 300 valence electrons. The number of rotatable bonds is 45. The lowest BCUT2D eigenvalue weighted by Crippen LogP contribution is -2.15. The highest BCUT2D eigenvalue weighted by Gasteiger charge is 2.00. The van der Waals surface area contributed by atoms with Gasteiger partial charge in [0.05, 0.1) is 179 Å². The molecule has 0 aromatic carbocycles. The van der Waals surface area contributed by atoms with Crippen LogP contribution in [0.25, 0.3) is 0 Å². The first-order chi connectivity index (χ1) is 24.8. The van der Waals surface area contributed by atoms with Gasteiger partial charge in [0.2, 0.25) is 0 Å². The van der Waals surface area contributed by atoms with Gasteiger partial charge in [0.1, 0.15) is 0 Å². The van der Waals surface area contributed by atoms with Crippen LogP contribution >= 0.6 is 11.6 Å². The van der Waals surface area contributed by atoms with Crippen molar-refractivity contribution < 1.29 is 71.1 Å². The smallest absolute Gasteiger partial charge is 0.307 e. The Balaban J connectivity index is 3.05. The predicted octanol–water partition coefficient (Wildman–Crippen LogP) is 2.56. The Morgan fingerprint density at radius 3 is 0.780 bits per heavy atom. The molecule has 16 heteroatoms. The molecule has 0 heterocycles. The van der Waals surface area contributed by atoms with Gasteiger partial charge in [-0.25, -0.2) is 0 Å². The van der Waals surface area contributed by atoms with Gasteiger partial charge < -0.3 is 66.3 Å². The van der Waals surface area contributed by atoms with Crippen LogP contribution in [-0.2, 0) is 71.1 Å². The molecule has 50 heavy (non-hydrogen) atoms. The third-order valence-electron chi connectivity index (χ3n) is 6.31. The van der Waals surface area contributed by atoms with E-state index in [1.807, 2.05) is 0 Å². The number of hydrogen-bond donors (Lipinski definition) is 0. The van der Waals surface area contributed by atoms with Gasteiger partial charge in [-0.05, 0) is 12.8 Å². The van der Waals surface area contributed by atoms with E-state index in [1.54, 1.807) is 0 Å². The van der Waals surface area contributed by atoms with E-state index in [-0.39, 0.29) is 12.4 Å². The van der Waals surface area contributed by atoms with Crippen LogP contribution in [0.3, 0.4) is 0 Å². The van der Waals surface area contributed by atoms with Crippen LogP contribution in [0.15, 0.2) is 0 Å². The molecular weight excluding hydrogens is 684 g/mol. The first kappa shape index (κ1) is 49.2. The summed E-state index contributed by atoms with van der Waals surface area (Å²) in [7, 11) is 1.35. The molecule has 0 radical (unpaired) electrons. The van der Waals surface area contributed by atoms with Crippen LogP contribution in [0.5, 0.6) is 0 Å². The molecular formula is C34H67ClO15. The molecule has 0 saturated carbocycles. The number of halogens is 1. The van der Waals surface area contributed by atoms with E-state index in [9.17, 15) is 4.79 Å². The molecule has 0 fully saturated rings. The Bertz CT molecular complexity index is 639. The quantitative estimate of drug-likeness (QED) is 0.0510. The summed E-state index contributed by atoms with van der Waals surface area (Å²) < 4.78 is 75.4. The fourth-order valence-electron chi connectivity index (χ4n) is 3.65. The van der Waals surface area contributed by atoms with E-state index in [0.29, 0.717) is 165 Å². The van der Waals surface area contributed by atoms with Crippen LogP contribution in [0.2, 0.25) is 0 Å². The predicted molar refractivity (Wildman–Crippen MR) is 186 cm³/mol. The van der Waals surface area contributed by atoms with Gasteiger partial charge >= 0.3 is 5.97 Å². The minimum atomic E-state index is -0.287. The van der Waals surface area contributed by atoms with Crippen LogP contribution in [0, 0.1) is 0 Å². The third-order valence-corrected chi connectivity index (χ3v) is 6.58. The Morgan fingerprint density at radius 2 is 0.540 bits per heavy atom. The van der Waals surface area contributed by atoms with Crippen molar-refractivity contribution in [1.29, 1.82) is 0 Å². The van der Waals surface area contributed by atoms with Crippen molar-refractivity contribution in [2.45, 2.75) is 32.1 Å². The van der Waals surface area contributed by atoms with Gasteiger partial charge in [0.15, 0.2) is 0 Å². The Kier molecular flexibility index (Phi) is 45.6. The molecule has 0 atom stereocenters. The monoisotopic (exact) mass is 750 g/mol. The topological polar surface area (TPSA) is 146 Å². The number of hydrogen-bond acceptors (Lipinski definition) is 15. The second kappa shape index (κ2) is 46.3. The van der Waals surface area contributed by atoms with E-state index in [0.717, 1.165) is 31.7 Å². The van der Waals surface area contributed by atoms with Crippen molar-refractivity contribution in [1.82, 2.24) is 0 Å². The summed E-state index contributed by atoms with van der Waals surface area (Å²) in [6, 6.07) is 0. The van der Waals surface area contributed by atoms with Crippen LogP contribution < -0.4 is 0 Å². The SMILES string of the molecule is COC(=O)CCOCCOCCOCCOCCOCCOCCOCCOCCOCCOCCOCCOCCOCCCCCCCl. The van der Waals surface area contributed by atoms with E-state index in [4.69, 9.17) is 73.2 Å². The molecule has 0 aromatic heterocycles. The van der Waals surface area contributed by atoms with Crippen molar-refractivity contribution in [2.75, 3.05) is 185 Å². The number of carbonyl (C=O) groups is 1. The van der Waals surface area contributed by atoms with Crippen LogP contribution in [0.1, 0.15) is 32.1 Å². The highest BCUT2D eigenvalue weighted by Crippen LogP contribution is 2.01. The molecule has 0 rings (SSSR count). The van der Waals surface area contributed by atoms with E-state index in [2.05, 4.69) is 4.74 Å². The fourth-order valence-corrected chi connectivity index (χ4v) is 3.84. The van der Waals surface area contributed by atoms with Gasteiger partial charge in [-0.15, -0.1) is 11.6 Å².